The SMILES string of the molecule is Cc1sc2c(c1C)C(c1ccc(Cl)cc1)=N[C@@H](CC(=O)NCc1cn(C(C)(C)CC(C)(C)C(=O)NCCOc3ccc(-c4cc5c(C(=O)O)c[nH]c5cc4Cl)cc3)nn1)c1nnc(C)n1-2. The number of aryl methyl sites for hydroxylation is 2. The fourth-order valence-electron chi connectivity index (χ4n) is 8.33. The van der Waals surface area contributed by atoms with E-state index in [9.17, 15) is 19.5 Å². The van der Waals surface area contributed by atoms with E-state index in [1.165, 1.54) is 6.20 Å². The van der Waals surface area contributed by atoms with Crippen LogP contribution in [-0.2, 0) is 21.7 Å². The van der Waals surface area contributed by atoms with Crippen LogP contribution < -0.4 is 15.4 Å². The third kappa shape index (κ3) is 9.28. The van der Waals surface area contributed by atoms with Crippen LogP contribution in [0.1, 0.15) is 95.8 Å². The van der Waals surface area contributed by atoms with Gasteiger partial charge in [0.2, 0.25) is 11.8 Å². The molecule has 7 aromatic rings. The summed E-state index contributed by atoms with van der Waals surface area (Å²) in [4.78, 5) is 48.1. The lowest BCUT2D eigenvalue weighted by Gasteiger charge is -2.33. The number of aromatic nitrogens is 7. The minimum Gasteiger partial charge on any atom is -0.492 e. The Morgan fingerprint density at radius 2 is 1.66 bits per heavy atom. The van der Waals surface area contributed by atoms with Crippen LogP contribution >= 0.6 is 34.5 Å². The highest BCUT2D eigenvalue weighted by Gasteiger charge is 2.37. The van der Waals surface area contributed by atoms with Gasteiger partial charge >= 0.3 is 5.97 Å². The number of benzene rings is 3. The molecule has 0 spiro atoms. The number of carboxylic acid groups (broad SMARTS) is 1. The molecule has 4 N–H and O–H groups in total. The number of aromatic carboxylic acids is 1. The number of ether oxygens (including phenoxy) is 1. The molecule has 0 saturated carbocycles. The van der Waals surface area contributed by atoms with Gasteiger partial charge < -0.3 is 25.5 Å². The predicted molar refractivity (Wildman–Crippen MR) is 252 cm³/mol. The Morgan fingerprint density at radius 3 is 2.38 bits per heavy atom. The van der Waals surface area contributed by atoms with E-state index in [-0.39, 0.29) is 43.5 Å². The van der Waals surface area contributed by atoms with Crippen LogP contribution in [0.3, 0.4) is 0 Å². The number of carboxylic acids is 1. The molecule has 0 unspecified atom stereocenters. The van der Waals surface area contributed by atoms with E-state index in [0.29, 0.717) is 56.0 Å². The summed E-state index contributed by atoms with van der Waals surface area (Å²) in [5.74, 6) is 0.514. The van der Waals surface area contributed by atoms with Gasteiger partial charge in [-0.2, -0.15) is 0 Å². The van der Waals surface area contributed by atoms with Crippen LogP contribution in [0.15, 0.2) is 78.0 Å². The Labute approximate surface area is 389 Å². The van der Waals surface area contributed by atoms with Crippen molar-refractivity contribution in [3.05, 3.63) is 128 Å². The number of H-pyrrole nitrogens is 1. The second kappa shape index (κ2) is 17.9. The lowest BCUT2D eigenvalue weighted by atomic mass is 9.79. The predicted octanol–water partition coefficient (Wildman–Crippen LogP) is 8.94. The number of thiophene rings is 1. The molecule has 8 rings (SSSR count). The Hall–Kier alpha value is -6.36. The number of carbonyl (C=O) groups excluding carboxylic acids is 2. The van der Waals surface area contributed by atoms with Gasteiger partial charge in [0.25, 0.3) is 0 Å². The largest absolute Gasteiger partial charge is 0.492 e. The maximum atomic E-state index is 13.6. The zero-order chi connectivity index (χ0) is 46.4. The van der Waals surface area contributed by atoms with Crippen LogP contribution in [-0.4, -0.2) is 76.5 Å². The molecule has 1 atom stereocenters. The molecule has 1 aliphatic rings. The highest BCUT2D eigenvalue weighted by Crippen LogP contribution is 2.40. The zero-order valence-corrected chi connectivity index (χ0v) is 39.2. The first-order valence-electron chi connectivity index (χ1n) is 21.0. The number of hydrogen-bond donors (Lipinski definition) is 4. The Kier molecular flexibility index (Phi) is 12.5. The minimum absolute atomic E-state index is 0.0298. The number of aliphatic imine (C=N–C) groups is 1. The number of nitrogens with one attached hydrogen (secondary N) is 3. The third-order valence-corrected chi connectivity index (χ3v) is 13.4. The molecule has 5 heterocycles. The van der Waals surface area contributed by atoms with E-state index in [2.05, 4.69) is 50.0 Å². The van der Waals surface area contributed by atoms with E-state index in [4.69, 9.17) is 32.9 Å². The molecule has 15 nitrogen and oxygen atoms in total. The highest BCUT2D eigenvalue weighted by molar-refractivity contribution is 7.15. The van der Waals surface area contributed by atoms with Gasteiger partial charge in [-0.1, -0.05) is 66.5 Å². The molecule has 336 valence electrons. The van der Waals surface area contributed by atoms with E-state index in [1.807, 2.05) is 75.6 Å². The van der Waals surface area contributed by atoms with Crippen molar-refractivity contribution in [3.63, 3.8) is 0 Å². The van der Waals surface area contributed by atoms with Crippen LogP contribution in [0.5, 0.6) is 5.75 Å². The molecule has 0 saturated heterocycles. The Bertz CT molecular complexity index is 2980. The molecule has 0 fully saturated rings. The summed E-state index contributed by atoms with van der Waals surface area (Å²) in [5, 5.41) is 35.8. The molecular formula is C47H48Cl2N10O5S. The molecule has 18 heteroatoms. The van der Waals surface area contributed by atoms with Crippen molar-refractivity contribution in [2.75, 3.05) is 13.2 Å². The van der Waals surface area contributed by atoms with Crippen LogP contribution in [0.4, 0.5) is 0 Å². The molecule has 65 heavy (non-hydrogen) atoms. The molecular weight excluding hydrogens is 888 g/mol. The molecule has 2 amide bonds. The van der Waals surface area contributed by atoms with Crippen molar-refractivity contribution in [3.8, 4) is 21.9 Å². The van der Waals surface area contributed by atoms with Crippen molar-refractivity contribution in [1.29, 1.82) is 0 Å². The summed E-state index contributed by atoms with van der Waals surface area (Å²) >= 11 is 14.5. The van der Waals surface area contributed by atoms with Gasteiger partial charge in [-0.05, 0) is 88.6 Å². The van der Waals surface area contributed by atoms with Gasteiger partial charge in [-0.3, -0.25) is 19.1 Å². The lowest BCUT2D eigenvalue weighted by molar-refractivity contribution is -0.131. The van der Waals surface area contributed by atoms with Gasteiger partial charge in [0.15, 0.2) is 5.82 Å². The summed E-state index contributed by atoms with van der Waals surface area (Å²) in [6.45, 7) is 14.5. The number of fused-ring (bicyclic) bond motifs is 4. The van der Waals surface area contributed by atoms with Crippen molar-refractivity contribution < 1.29 is 24.2 Å². The number of amides is 2. The quantitative estimate of drug-likeness (QED) is 0.0726. The number of hydrogen-bond acceptors (Lipinski definition) is 10. The van der Waals surface area contributed by atoms with Crippen molar-refractivity contribution in [2.24, 2.45) is 10.4 Å². The summed E-state index contributed by atoms with van der Waals surface area (Å²) in [6.07, 6.45) is 3.71. The van der Waals surface area contributed by atoms with Gasteiger partial charge in [-0.15, -0.1) is 26.6 Å². The molecule has 0 bridgehead atoms. The van der Waals surface area contributed by atoms with E-state index in [0.717, 1.165) is 37.8 Å². The topological polar surface area (TPSA) is 194 Å². The Balaban J connectivity index is 0.850. The molecule has 1 aliphatic heterocycles. The van der Waals surface area contributed by atoms with Crippen LogP contribution in [0.2, 0.25) is 10.0 Å². The monoisotopic (exact) mass is 934 g/mol. The Morgan fingerprint density at radius 1 is 0.938 bits per heavy atom. The maximum absolute atomic E-state index is 13.6. The van der Waals surface area contributed by atoms with Crippen molar-refractivity contribution >= 4 is 68.9 Å². The van der Waals surface area contributed by atoms with E-state index in [1.54, 1.807) is 46.5 Å². The number of nitrogens with zero attached hydrogens (tertiary/aromatic N) is 7. The zero-order valence-electron chi connectivity index (χ0n) is 36.9. The first-order chi connectivity index (χ1) is 30.9. The summed E-state index contributed by atoms with van der Waals surface area (Å²) < 4.78 is 9.66. The first-order valence-corrected chi connectivity index (χ1v) is 22.6. The number of carbonyl (C=O) groups is 3. The van der Waals surface area contributed by atoms with Crippen molar-refractivity contribution in [1.82, 2.24) is 45.4 Å². The molecule has 0 radical (unpaired) electrons. The normalized spacial score (nSPS) is 13.8. The lowest BCUT2D eigenvalue weighted by Crippen LogP contribution is -2.43. The first kappa shape index (κ1) is 45.2. The smallest absolute Gasteiger partial charge is 0.337 e. The second-order valence-corrected chi connectivity index (χ2v) is 19.5. The van der Waals surface area contributed by atoms with Gasteiger partial charge in [0.1, 0.15) is 34.9 Å². The number of aromatic amines is 1. The summed E-state index contributed by atoms with van der Waals surface area (Å²) in [6, 6.07) is 17.7. The molecule has 0 aliphatic carbocycles. The maximum Gasteiger partial charge on any atom is 0.337 e. The average molecular weight is 936 g/mol. The fourth-order valence-corrected chi connectivity index (χ4v) is 9.94. The van der Waals surface area contributed by atoms with Crippen molar-refractivity contribution in [2.45, 2.75) is 79.4 Å². The van der Waals surface area contributed by atoms with E-state index < -0.39 is 23.0 Å². The molecule has 4 aromatic heterocycles. The second-order valence-electron chi connectivity index (χ2n) is 17.4. The highest BCUT2D eigenvalue weighted by atomic mass is 35.5. The fraction of sp³-hybridized carbons (Fsp3) is 0.319. The van der Waals surface area contributed by atoms with Crippen LogP contribution in [0.25, 0.3) is 27.0 Å². The van der Waals surface area contributed by atoms with Crippen LogP contribution in [0, 0.1) is 26.2 Å². The average Bonchev–Trinajstić information content (AvgIpc) is 4.05. The summed E-state index contributed by atoms with van der Waals surface area (Å²) in [7, 11) is 0. The summed E-state index contributed by atoms with van der Waals surface area (Å²) in [5.41, 5.74) is 5.26. The van der Waals surface area contributed by atoms with E-state index >= 15 is 0 Å². The van der Waals surface area contributed by atoms with Gasteiger partial charge in [-0.25, -0.2) is 9.48 Å². The third-order valence-electron chi connectivity index (χ3n) is 11.7. The standard InChI is InChI=1S/C47H48Cl2N10O5S/c1-25-26(2)65-43-40(25)41(29-8-12-30(48)13-9-29)53-38(42-56-54-27(3)59(42)43)20-39(60)52-21-31-23-58(57-55-31)47(6,7)24-46(4,5)45(63)50-16-17-64-32-14-10-28(11-15-32)33-18-34-35(44(61)62)22-51-37(34)19-36(33)49/h8-15,18-19,22-23,38,51H,16-17,20-21,24H2,1-7H3,(H,50,63)(H,52,60)(H,61,62)/t38-/m0/s1. The van der Waals surface area contributed by atoms with Gasteiger partial charge in [0.05, 0.1) is 47.5 Å². The number of halogens is 2. The minimum atomic E-state index is -1.02. The molecule has 3 aromatic carbocycles. The number of rotatable bonds is 15. The van der Waals surface area contributed by atoms with Gasteiger partial charge in [0, 0.05) is 49.1 Å².